The van der Waals surface area contributed by atoms with Crippen molar-refractivity contribution in [3.63, 3.8) is 0 Å². The van der Waals surface area contributed by atoms with Crippen LogP contribution in [0.5, 0.6) is 0 Å². The summed E-state index contributed by atoms with van der Waals surface area (Å²) in [6.45, 7) is 6.63. The minimum absolute atomic E-state index is 0.0753. The van der Waals surface area contributed by atoms with Crippen LogP contribution in [0.4, 0.5) is 0 Å². The lowest BCUT2D eigenvalue weighted by Crippen LogP contribution is -2.30. The van der Waals surface area contributed by atoms with Crippen LogP contribution in [0.25, 0.3) is 0 Å². The van der Waals surface area contributed by atoms with E-state index in [4.69, 9.17) is 14.2 Å². The molecule has 0 aliphatic heterocycles. The van der Waals surface area contributed by atoms with E-state index in [1.807, 2.05) is 0 Å². The van der Waals surface area contributed by atoms with Gasteiger partial charge in [-0.25, -0.2) is 0 Å². The van der Waals surface area contributed by atoms with Crippen molar-refractivity contribution < 1.29 is 28.6 Å². The zero-order chi connectivity index (χ0) is 52.2. The molecule has 420 valence electrons. The van der Waals surface area contributed by atoms with Crippen molar-refractivity contribution in [2.45, 2.75) is 341 Å². The minimum atomic E-state index is -0.778. The zero-order valence-corrected chi connectivity index (χ0v) is 48.2. The molecule has 1 unspecified atom stereocenters. The molecule has 0 heterocycles. The van der Waals surface area contributed by atoms with Gasteiger partial charge in [-0.1, -0.05) is 288 Å². The predicted octanol–water partition coefficient (Wildman–Crippen LogP) is 21.4. The topological polar surface area (TPSA) is 78.9 Å². The average Bonchev–Trinajstić information content (AvgIpc) is 3.38. The maximum Gasteiger partial charge on any atom is 0.306 e. The molecule has 0 aromatic heterocycles. The Kier molecular flexibility index (Phi) is 58.7. The molecule has 0 radical (unpaired) electrons. The lowest BCUT2D eigenvalue weighted by atomic mass is 10.0. The summed E-state index contributed by atoms with van der Waals surface area (Å²) < 4.78 is 16.9. The summed E-state index contributed by atoms with van der Waals surface area (Å²) in [4.78, 5) is 38.3. The van der Waals surface area contributed by atoms with Crippen molar-refractivity contribution in [1.29, 1.82) is 0 Å². The van der Waals surface area contributed by atoms with Crippen molar-refractivity contribution in [2.75, 3.05) is 13.2 Å². The molecule has 6 heteroatoms. The number of unbranched alkanes of at least 4 members (excludes halogenated alkanes) is 39. The van der Waals surface area contributed by atoms with Gasteiger partial charge in [0.25, 0.3) is 0 Å². The number of rotatable bonds is 58. The van der Waals surface area contributed by atoms with E-state index in [0.717, 1.165) is 83.5 Å². The van der Waals surface area contributed by atoms with Gasteiger partial charge in [0.2, 0.25) is 0 Å². The fourth-order valence-electron chi connectivity index (χ4n) is 9.26. The van der Waals surface area contributed by atoms with Crippen LogP contribution in [0.15, 0.2) is 48.6 Å². The van der Waals surface area contributed by atoms with Crippen LogP contribution < -0.4 is 0 Å². The molecule has 0 fully saturated rings. The minimum Gasteiger partial charge on any atom is -0.462 e. The van der Waals surface area contributed by atoms with Crippen LogP contribution in [-0.4, -0.2) is 37.2 Å². The van der Waals surface area contributed by atoms with E-state index in [1.54, 1.807) is 0 Å². The summed E-state index contributed by atoms with van der Waals surface area (Å²) in [5, 5.41) is 0. The molecule has 6 nitrogen and oxygen atoms in total. The molecule has 0 aliphatic carbocycles. The molecule has 0 aromatic rings. The Morgan fingerprint density at radius 1 is 0.278 bits per heavy atom. The Morgan fingerprint density at radius 2 is 0.514 bits per heavy atom. The maximum atomic E-state index is 12.9. The first-order valence-corrected chi connectivity index (χ1v) is 31.6. The van der Waals surface area contributed by atoms with E-state index >= 15 is 0 Å². The van der Waals surface area contributed by atoms with Gasteiger partial charge in [0.05, 0.1) is 0 Å². The third kappa shape index (κ3) is 58.3. The van der Waals surface area contributed by atoms with Crippen LogP contribution in [0.3, 0.4) is 0 Å². The van der Waals surface area contributed by atoms with Crippen molar-refractivity contribution >= 4 is 17.9 Å². The lowest BCUT2D eigenvalue weighted by Gasteiger charge is -2.18. The Morgan fingerprint density at radius 3 is 0.806 bits per heavy atom. The van der Waals surface area contributed by atoms with Gasteiger partial charge in [0.1, 0.15) is 13.2 Å². The normalized spacial score (nSPS) is 12.3. The summed E-state index contributed by atoms with van der Waals surface area (Å²) in [6, 6.07) is 0. The van der Waals surface area contributed by atoms with Crippen molar-refractivity contribution in [1.82, 2.24) is 0 Å². The van der Waals surface area contributed by atoms with E-state index < -0.39 is 6.10 Å². The summed E-state index contributed by atoms with van der Waals surface area (Å²) in [5.41, 5.74) is 0. The Hall–Kier alpha value is -2.63. The van der Waals surface area contributed by atoms with Gasteiger partial charge in [-0.05, 0) is 77.0 Å². The summed E-state index contributed by atoms with van der Waals surface area (Å²) >= 11 is 0. The smallest absolute Gasteiger partial charge is 0.306 e. The van der Waals surface area contributed by atoms with Crippen LogP contribution in [0.1, 0.15) is 335 Å². The zero-order valence-electron chi connectivity index (χ0n) is 48.2. The molecule has 0 rings (SSSR count). The quantitative estimate of drug-likeness (QED) is 0.0261. The van der Waals surface area contributed by atoms with Crippen LogP contribution in [0.2, 0.25) is 0 Å². The van der Waals surface area contributed by atoms with E-state index in [1.165, 1.54) is 212 Å². The van der Waals surface area contributed by atoms with Gasteiger partial charge in [-0.15, -0.1) is 0 Å². The molecule has 0 spiro atoms. The number of allylic oxidation sites excluding steroid dienone is 8. The first kappa shape index (κ1) is 69.4. The van der Waals surface area contributed by atoms with E-state index in [-0.39, 0.29) is 31.1 Å². The highest BCUT2D eigenvalue weighted by Crippen LogP contribution is 2.17. The molecule has 1 atom stereocenters. The highest BCUT2D eigenvalue weighted by atomic mass is 16.6. The van der Waals surface area contributed by atoms with Gasteiger partial charge in [-0.3, -0.25) is 14.4 Å². The summed E-state index contributed by atoms with van der Waals surface area (Å²) in [7, 11) is 0. The van der Waals surface area contributed by atoms with Crippen molar-refractivity contribution in [2.24, 2.45) is 0 Å². The first-order valence-electron chi connectivity index (χ1n) is 31.6. The average molecular weight is 1010 g/mol. The number of ether oxygens (including phenoxy) is 3. The van der Waals surface area contributed by atoms with Gasteiger partial charge >= 0.3 is 17.9 Å². The van der Waals surface area contributed by atoms with Crippen LogP contribution >= 0.6 is 0 Å². The monoisotopic (exact) mass is 1010 g/mol. The number of hydrogen-bond acceptors (Lipinski definition) is 6. The van der Waals surface area contributed by atoms with Crippen LogP contribution in [0, 0.1) is 0 Å². The van der Waals surface area contributed by atoms with Gasteiger partial charge in [-0.2, -0.15) is 0 Å². The molecule has 0 saturated carbocycles. The van der Waals surface area contributed by atoms with E-state index in [9.17, 15) is 14.4 Å². The SMILES string of the molecule is CCCC/C=C\C/C=C\CCCCCCCC(=O)OCC(COC(=O)CCCCCCCCCCCCC/C=C\C/C=C\CCCCCCC)OC(=O)CCCCCCCCCCCCCCCCCCC. The summed E-state index contributed by atoms with van der Waals surface area (Å²) in [6.07, 6.45) is 75.4. The van der Waals surface area contributed by atoms with Gasteiger partial charge < -0.3 is 14.2 Å². The van der Waals surface area contributed by atoms with Crippen LogP contribution in [-0.2, 0) is 28.6 Å². The van der Waals surface area contributed by atoms with E-state index in [2.05, 4.69) is 69.4 Å². The molecule has 0 bridgehead atoms. The van der Waals surface area contributed by atoms with Gasteiger partial charge in [0, 0.05) is 19.3 Å². The first-order chi connectivity index (χ1) is 35.5. The molecule has 0 aromatic carbocycles. The summed E-state index contributed by atoms with van der Waals surface area (Å²) in [5.74, 6) is -0.871. The fourth-order valence-corrected chi connectivity index (χ4v) is 9.26. The number of hydrogen-bond donors (Lipinski definition) is 0. The van der Waals surface area contributed by atoms with Crippen molar-refractivity contribution in [3.8, 4) is 0 Å². The number of carbonyl (C=O) groups is 3. The lowest BCUT2D eigenvalue weighted by molar-refractivity contribution is -0.167. The third-order valence-electron chi connectivity index (χ3n) is 14.1. The Bertz CT molecular complexity index is 1250. The standard InChI is InChI=1S/C66H120O6/c1-4-7-10-13-16-19-22-25-28-30-31-32-33-34-35-37-38-41-44-47-50-53-56-59-65(68)71-62-63(61-70-64(67)58-55-52-49-46-43-40-27-24-21-18-15-12-9-6-3)72-66(69)60-57-54-51-48-45-42-39-36-29-26-23-20-17-14-11-8-5-2/h15,18,22,24-25,27,30-31,63H,4-14,16-17,19-21,23,26,28-29,32-62H2,1-3H3/b18-15-,25-22-,27-24-,31-30-. The second kappa shape index (κ2) is 60.9. The largest absolute Gasteiger partial charge is 0.462 e. The highest BCUT2D eigenvalue weighted by Gasteiger charge is 2.19. The molecule has 0 amide bonds. The maximum absolute atomic E-state index is 12.9. The molecule has 0 aliphatic rings. The highest BCUT2D eigenvalue weighted by molar-refractivity contribution is 5.71. The number of esters is 3. The second-order valence-corrected chi connectivity index (χ2v) is 21.3. The Balaban J connectivity index is 4.30. The Labute approximate surface area is 448 Å². The van der Waals surface area contributed by atoms with E-state index in [0.29, 0.717) is 19.3 Å². The van der Waals surface area contributed by atoms with Crippen molar-refractivity contribution in [3.05, 3.63) is 48.6 Å². The predicted molar refractivity (Wildman–Crippen MR) is 312 cm³/mol. The van der Waals surface area contributed by atoms with Gasteiger partial charge in [0.15, 0.2) is 6.10 Å². The molecular formula is C66H120O6. The third-order valence-corrected chi connectivity index (χ3v) is 14.1. The molecule has 0 saturated heterocycles. The number of carbonyl (C=O) groups excluding carboxylic acids is 3. The molecule has 72 heavy (non-hydrogen) atoms. The molecular weight excluding hydrogens is 889 g/mol. The fraction of sp³-hybridized carbons (Fsp3) is 0.833. The molecule has 0 N–H and O–H groups in total. The second-order valence-electron chi connectivity index (χ2n) is 21.3.